The van der Waals surface area contributed by atoms with Crippen molar-refractivity contribution < 1.29 is 14.3 Å². The summed E-state index contributed by atoms with van der Waals surface area (Å²) in [5.41, 5.74) is 1.74. The van der Waals surface area contributed by atoms with E-state index in [1.165, 1.54) is 5.56 Å². The zero-order chi connectivity index (χ0) is 21.6. The number of rotatable bonds is 7. The number of nitrogens with zero attached hydrogens (tertiary/aromatic N) is 5. The van der Waals surface area contributed by atoms with Gasteiger partial charge in [-0.05, 0) is 29.8 Å². The average molecular weight is 422 g/mol. The monoisotopic (exact) mass is 422 g/mol. The van der Waals surface area contributed by atoms with Crippen LogP contribution < -0.4 is 14.8 Å². The van der Waals surface area contributed by atoms with Crippen LogP contribution in [0.5, 0.6) is 11.5 Å². The van der Waals surface area contributed by atoms with Gasteiger partial charge in [0.15, 0.2) is 17.3 Å². The first-order valence-corrected chi connectivity index (χ1v) is 10.2. The summed E-state index contributed by atoms with van der Waals surface area (Å²) in [4.78, 5) is 18.6. The van der Waals surface area contributed by atoms with Crippen LogP contribution in [0.25, 0.3) is 0 Å². The number of methoxy groups -OCH3 is 2. The number of aromatic nitrogens is 4. The van der Waals surface area contributed by atoms with E-state index in [0.717, 1.165) is 55.7 Å². The highest BCUT2D eigenvalue weighted by Crippen LogP contribution is 2.28. The number of benzene rings is 1. The van der Waals surface area contributed by atoms with Gasteiger partial charge in [-0.15, -0.1) is 10.2 Å². The summed E-state index contributed by atoms with van der Waals surface area (Å²) in [5, 5.41) is 11.6. The van der Waals surface area contributed by atoms with Crippen LogP contribution in [-0.2, 0) is 26.1 Å². The predicted molar refractivity (Wildman–Crippen MR) is 114 cm³/mol. The molecule has 1 aliphatic heterocycles. The van der Waals surface area contributed by atoms with Gasteiger partial charge >= 0.3 is 0 Å². The Morgan fingerprint density at radius 1 is 1.03 bits per heavy atom. The average Bonchev–Trinajstić information content (AvgIpc) is 3.10. The molecule has 0 saturated heterocycles. The standard InChI is InChI=1S/C22H26N6O3/c1-30-18-4-3-16(13-19(18)31-2)15-27-10-7-20-25-26-21(28(20)12-11-27)14-24-22(29)17-5-8-23-9-6-17/h3-6,8-9,13H,7,10-12,14-15H2,1-2H3,(H,24,29). The molecule has 162 valence electrons. The molecule has 0 aliphatic carbocycles. The van der Waals surface area contributed by atoms with Gasteiger partial charge in [0.1, 0.15) is 5.82 Å². The third kappa shape index (κ3) is 4.83. The highest BCUT2D eigenvalue weighted by Gasteiger charge is 2.19. The van der Waals surface area contributed by atoms with Gasteiger partial charge in [0.2, 0.25) is 0 Å². The zero-order valence-corrected chi connectivity index (χ0v) is 17.7. The molecule has 1 N–H and O–H groups in total. The van der Waals surface area contributed by atoms with Crippen molar-refractivity contribution in [1.82, 2.24) is 30.0 Å². The predicted octanol–water partition coefficient (Wildman–Crippen LogP) is 1.68. The molecule has 0 fully saturated rings. The summed E-state index contributed by atoms with van der Waals surface area (Å²) < 4.78 is 12.9. The molecule has 9 heteroatoms. The third-order valence-corrected chi connectivity index (χ3v) is 5.40. The number of carbonyl (C=O) groups excluding carboxylic acids is 1. The van der Waals surface area contributed by atoms with Gasteiger partial charge < -0.3 is 19.4 Å². The molecule has 3 heterocycles. The molecule has 4 rings (SSSR count). The third-order valence-electron chi connectivity index (χ3n) is 5.40. The minimum Gasteiger partial charge on any atom is -0.493 e. The molecule has 0 spiro atoms. The summed E-state index contributed by atoms with van der Waals surface area (Å²) in [6, 6.07) is 9.39. The van der Waals surface area contributed by atoms with Crippen LogP contribution in [0, 0.1) is 0 Å². The van der Waals surface area contributed by atoms with Gasteiger partial charge in [-0.3, -0.25) is 14.7 Å². The molecular formula is C22H26N6O3. The van der Waals surface area contributed by atoms with Crippen molar-refractivity contribution >= 4 is 5.91 Å². The minimum absolute atomic E-state index is 0.150. The van der Waals surface area contributed by atoms with E-state index in [9.17, 15) is 4.79 Å². The number of nitrogens with one attached hydrogen (secondary N) is 1. The molecule has 0 bridgehead atoms. The molecule has 0 atom stereocenters. The van der Waals surface area contributed by atoms with Crippen LogP contribution in [0.4, 0.5) is 0 Å². The van der Waals surface area contributed by atoms with E-state index in [0.29, 0.717) is 12.1 Å². The second-order valence-corrected chi connectivity index (χ2v) is 7.32. The Labute approximate surface area is 181 Å². The largest absolute Gasteiger partial charge is 0.493 e. The molecule has 1 amide bonds. The molecule has 1 aromatic carbocycles. The summed E-state index contributed by atoms with van der Waals surface area (Å²) in [6.07, 6.45) is 4.01. The number of fused-ring (bicyclic) bond motifs is 1. The normalized spacial score (nSPS) is 13.9. The molecule has 2 aromatic heterocycles. The Hall–Kier alpha value is -3.46. The van der Waals surface area contributed by atoms with Crippen molar-refractivity contribution in [2.24, 2.45) is 0 Å². The molecule has 1 aliphatic rings. The fourth-order valence-corrected chi connectivity index (χ4v) is 3.72. The van der Waals surface area contributed by atoms with Gasteiger partial charge in [0.25, 0.3) is 5.91 Å². The maximum atomic E-state index is 12.3. The van der Waals surface area contributed by atoms with Crippen LogP contribution in [0.1, 0.15) is 27.6 Å². The molecule has 0 saturated carbocycles. The lowest BCUT2D eigenvalue weighted by Gasteiger charge is -2.20. The van der Waals surface area contributed by atoms with Crippen LogP contribution in [0.15, 0.2) is 42.7 Å². The van der Waals surface area contributed by atoms with E-state index >= 15 is 0 Å². The van der Waals surface area contributed by atoms with Crippen molar-refractivity contribution in [3.63, 3.8) is 0 Å². The second-order valence-electron chi connectivity index (χ2n) is 7.32. The minimum atomic E-state index is -0.150. The second kappa shape index (κ2) is 9.57. The van der Waals surface area contributed by atoms with Crippen LogP contribution >= 0.6 is 0 Å². The van der Waals surface area contributed by atoms with Crippen LogP contribution in [0.2, 0.25) is 0 Å². The number of hydrogen-bond acceptors (Lipinski definition) is 7. The number of ether oxygens (including phenoxy) is 2. The summed E-state index contributed by atoms with van der Waals surface area (Å²) >= 11 is 0. The smallest absolute Gasteiger partial charge is 0.251 e. The van der Waals surface area contributed by atoms with Gasteiger partial charge in [-0.25, -0.2) is 0 Å². The summed E-state index contributed by atoms with van der Waals surface area (Å²) in [6.45, 7) is 3.67. The molecule has 0 unspecified atom stereocenters. The lowest BCUT2D eigenvalue weighted by molar-refractivity contribution is 0.0949. The SMILES string of the molecule is COc1ccc(CN2CCc3nnc(CNC(=O)c4ccncc4)n3CC2)cc1OC. The van der Waals surface area contributed by atoms with Gasteiger partial charge in [0.05, 0.1) is 20.8 Å². The Balaban J connectivity index is 1.37. The first kappa shape index (κ1) is 20.8. The van der Waals surface area contributed by atoms with E-state index in [-0.39, 0.29) is 5.91 Å². The van der Waals surface area contributed by atoms with E-state index < -0.39 is 0 Å². The van der Waals surface area contributed by atoms with Crippen molar-refractivity contribution in [1.29, 1.82) is 0 Å². The van der Waals surface area contributed by atoms with Crippen LogP contribution in [-0.4, -0.2) is 57.9 Å². The lowest BCUT2D eigenvalue weighted by Crippen LogP contribution is -2.28. The molecule has 3 aromatic rings. The topological polar surface area (TPSA) is 94.4 Å². The van der Waals surface area contributed by atoms with Crippen LogP contribution in [0.3, 0.4) is 0 Å². The summed E-state index contributed by atoms with van der Waals surface area (Å²) in [7, 11) is 3.29. The maximum absolute atomic E-state index is 12.3. The van der Waals surface area contributed by atoms with Crippen molar-refractivity contribution in [3.8, 4) is 11.5 Å². The van der Waals surface area contributed by atoms with Crippen molar-refractivity contribution in [2.75, 3.05) is 27.3 Å². The maximum Gasteiger partial charge on any atom is 0.251 e. The Bertz CT molecular complexity index is 1040. The van der Waals surface area contributed by atoms with Crippen molar-refractivity contribution in [2.45, 2.75) is 26.1 Å². The Kier molecular flexibility index (Phi) is 6.42. The molecular weight excluding hydrogens is 396 g/mol. The van der Waals surface area contributed by atoms with E-state index in [2.05, 4.69) is 36.0 Å². The highest BCUT2D eigenvalue weighted by molar-refractivity contribution is 5.93. The van der Waals surface area contributed by atoms with Crippen molar-refractivity contribution in [3.05, 3.63) is 65.5 Å². The lowest BCUT2D eigenvalue weighted by atomic mass is 10.2. The number of hydrogen-bond donors (Lipinski definition) is 1. The number of pyridine rings is 1. The Morgan fingerprint density at radius 2 is 1.84 bits per heavy atom. The molecule has 0 radical (unpaired) electrons. The first-order valence-electron chi connectivity index (χ1n) is 10.2. The van der Waals surface area contributed by atoms with Gasteiger partial charge in [-0.2, -0.15) is 0 Å². The molecule has 31 heavy (non-hydrogen) atoms. The van der Waals surface area contributed by atoms with E-state index in [1.807, 2.05) is 12.1 Å². The van der Waals surface area contributed by atoms with E-state index in [4.69, 9.17) is 9.47 Å². The van der Waals surface area contributed by atoms with E-state index in [1.54, 1.807) is 38.7 Å². The Morgan fingerprint density at radius 3 is 2.61 bits per heavy atom. The highest BCUT2D eigenvalue weighted by atomic mass is 16.5. The summed E-state index contributed by atoms with van der Waals surface area (Å²) in [5.74, 6) is 3.03. The van der Waals surface area contributed by atoms with Gasteiger partial charge in [0, 0.05) is 50.6 Å². The van der Waals surface area contributed by atoms with Gasteiger partial charge in [-0.1, -0.05) is 6.07 Å². The molecule has 9 nitrogen and oxygen atoms in total. The first-order chi connectivity index (χ1) is 15.2. The fraction of sp³-hybridized carbons (Fsp3) is 0.364. The number of carbonyl (C=O) groups is 1. The quantitative estimate of drug-likeness (QED) is 0.619. The zero-order valence-electron chi connectivity index (χ0n) is 17.7. The number of amides is 1. The fourth-order valence-electron chi connectivity index (χ4n) is 3.72.